The molecule has 1 saturated heterocycles. The van der Waals surface area contributed by atoms with Gasteiger partial charge < -0.3 is 14.4 Å². The van der Waals surface area contributed by atoms with Crippen LogP contribution in [0.15, 0.2) is 0 Å². The first-order valence-electron chi connectivity index (χ1n) is 7.87. The van der Waals surface area contributed by atoms with Crippen molar-refractivity contribution in [1.29, 1.82) is 0 Å². The van der Waals surface area contributed by atoms with E-state index in [9.17, 15) is 4.79 Å². The Bertz CT molecular complexity index is 274. The quantitative estimate of drug-likeness (QED) is 0.588. The normalized spacial score (nSPS) is 22.8. The van der Waals surface area contributed by atoms with Crippen LogP contribution in [-0.2, 0) is 14.3 Å². The van der Waals surface area contributed by atoms with Crippen LogP contribution in [0.25, 0.3) is 0 Å². The highest BCUT2D eigenvalue weighted by Gasteiger charge is 2.36. The second-order valence-corrected chi connectivity index (χ2v) is 5.30. The van der Waals surface area contributed by atoms with Gasteiger partial charge in [0, 0.05) is 20.3 Å². The molecule has 0 spiro atoms. The van der Waals surface area contributed by atoms with E-state index in [0.717, 1.165) is 38.6 Å². The Labute approximate surface area is 123 Å². The van der Waals surface area contributed by atoms with Crippen LogP contribution in [-0.4, -0.2) is 56.5 Å². The van der Waals surface area contributed by atoms with Gasteiger partial charge in [0.1, 0.15) is 0 Å². The molecule has 5 nitrogen and oxygen atoms in total. The van der Waals surface area contributed by atoms with E-state index < -0.39 is 0 Å². The van der Waals surface area contributed by atoms with Crippen molar-refractivity contribution in [3.05, 3.63) is 0 Å². The Morgan fingerprint density at radius 1 is 1.15 bits per heavy atom. The summed E-state index contributed by atoms with van der Waals surface area (Å²) in [5, 5.41) is 3.47. The lowest BCUT2D eigenvalue weighted by Crippen LogP contribution is -2.38. The van der Waals surface area contributed by atoms with E-state index in [4.69, 9.17) is 9.47 Å². The Morgan fingerprint density at radius 2 is 1.90 bits per heavy atom. The average molecular weight is 286 g/mol. The molecule has 5 heteroatoms. The van der Waals surface area contributed by atoms with Crippen molar-refractivity contribution in [2.24, 2.45) is 0 Å². The molecule has 0 aromatic carbocycles. The Hall–Kier alpha value is -0.650. The number of hydrogen-bond donors (Lipinski definition) is 1. The third-order valence-corrected chi connectivity index (χ3v) is 3.61. The van der Waals surface area contributed by atoms with Crippen LogP contribution in [0.2, 0.25) is 0 Å². The monoisotopic (exact) mass is 286 g/mol. The summed E-state index contributed by atoms with van der Waals surface area (Å²) in [7, 11) is 1.67. The minimum atomic E-state index is 0.0194. The molecule has 0 radical (unpaired) electrons. The van der Waals surface area contributed by atoms with E-state index in [1.807, 2.05) is 4.90 Å². The fourth-order valence-corrected chi connectivity index (χ4v) is 2.60. The summed E-state index contributed by atoms with van der Waals surface area (Å²) in [5.74, 6) is 0.266. The minimum Gasteiger partial charge on any atom is -0.382 e. The molecule has 118 valence electrons. The number of carbonyl (C=O) groups is 1. The number of ether oxygens (including phenoxy) is 2. The number of amides is 1. The van der Waals surface area contributed by atoms with Crippen LogP contribution in [0, 0.1) is 0 Å². The van der Waals surface area contributed by atoms with E-state index in [-0.39, 0.29) is 18.1 Å². The van der Waals surface area contributed by atoms with Crippen LogP contribution in [0.1, 0.15) is 46.0 Å². The summed E-state index contributed by atoms with van der Waals surface area (Å²) >= 11 is 0. The molecule has 0 aromatic rings. The summed E-state index contributed by atoms with van der Waals surface area (Å²) in [6, 6.07) is 0.0194. The maximum absolute atomic E-state index is 12.3. The second-order valence-electron chi connectivity index (χ2n) is 5.30. The molecular weight excluding hydrogens is 256 g/mol. The fourth-order valence-electron chi connectivity index (χ4n) is 2.60. The maximum atomic E-state index is 12.3. The van der Waals surface area contributed by atoms with Crippen molar-refractivity contribution < 1.29 is 14.3 Å². The van der Waals surface area contributed by atoms with E-state index in [2.05, 4.69) is 19.2 Å². The van der Waals surface area contributed by atoms with Crippen LogP contribution in [0.3, 0.4) is 0 Å². The number of nitrogens with zero attached hydrogens (tertiary/aromatic N) is 1. The van der Waals surface area contributed by atoms with Gasteiger partial charge in [0.05, 0.1) is 25.4 Å². The lowest BCUT2D eigenvalue weighted by molar-refractivity contribution is -0.130. The fraction of sp³-hybridized carbons (Fsp3) is 0.933. The molecular formula is C15H30N2O3. The number of nitrogens with one attached hydrogen (secondary N) is 1. The molecule has 1 heterocycles. The maximum Gasteiger partial charge on any atom is 0.241 e. The predicted molar refractivity (Wildman–Crippen MR) is 79.6 cm³/mol. The molecule has 1 aliphatic heterocycles. The van der Waals surface area contributed by atoms with Gasteiger partial charge in [-0.2, -0.15) is 0 Å². The zero-order valence-corrected chi connectivity index (χ0v) is 13.2. The van der Waals surface area contributed by atoms with Gasteiger partial charge in [0.25, 0.3) is 0 Å². The third kappa shape index (κ3) is 5.38. The predicted octanol–water partition coefficient (Wildman–Crippen LogP) is 1.77. The largest absolute Gasteiger partial charge is 0.382 e. The molecule has 20 heavy (non-hydrogen) atoms. The smallest absolute Gasteiger partial charge is 0.241 e. The lowest BCUT2D eigenvalue weighted by atomic mass is 10.2. The summed E-state index contributed by atoms with van der Waals surface area (Å²) in [4.78, 5) is 14.4. The first kappa shape index (κ1) is 17.4. The van der Waals surface area contributed by atoms with Crippen molar-refractivity contribution in [3.63, 3.8) is 0 Å². The Balaban J connectivity index is 2.33. The van der Waals surface area contributed by atoms with Crippen molar-refractivity contribution in [3.8, 4) is 0 Å². The standard InChI is InChI=1S/C15H30N2O3/c1-4-7-13-15(18)17(14(16-13)8-5-2)9-6-10-20-12-11-19-3/h13-14,16H,4-12H2,1-3H3. The Morgan fingerprint density at radius 3 is 2.55 bits per heavy atom. The Kier molecular flexibility index (Phi) is 8.82. The van der Waals surface area contributed by atoms with Crippen molar-refractivity contribution >= 4 is 5.91 Å². The average Bonchev–Trinajstić information content (AvgIpc) is 2.72. The first-order chi connectivity index (χ1) is 9.74. The molecule has 1 rings (SSSR count). The highest BCUT2D eigenvalue weighted by atomic mass is 16.5. The van der Waals surface area contributed by atoms with Gasteiger partial charge in [0.2, 0.25) is 5.91 Å². The van der Waals surface area contributed by atoms with Gasteiger partial charge in [0.15, 0.2) is 0 Å². The van der Waals surface area contributed by atoms with Gasteiger partial charge in [-0.05, 0) is 19.3 Å². The molecule has 1 aliphatic rings. The highest BCUT2D eigenvalue weighted by Crippen LogP contribution is 2.18. The number of carbonyl (C=O) groups excluding carboxylic acids is 1. The summed E-state index contributed by atoms with van der Waals surface area (Å²) in [6.45, 7) is 7.00. The molecule has 1 amide bonds. The van der Waals surface area contributed by atoms with Crippen molar-refractivity contribution in [1.82, 2.24) is 10.2 Å². The number of rotatable bonds is 11. The molecule has 2 unspecified atom stereocenters. The van der Waals surface area contributed by atoms with E-state index in [0.29, 0.717) is 19.8 Å². The van der Waals surface area contributed by atoms with Gasteiger partial charge in [-0.3, -0.25) is 10.1 Å². The molecule has 1 N–H and O–H groups in total. The topological polar surface area (TPSA) is 50.8 Å². The summed E-state index contributed by atoms with van der Waals surface area (Å²) in [5.41, 5.74) is 0. The van der Waals surface area contributed by atoms with Crippen molar-refractivity contribution in [2.45, 2.75) is 58.2 Å². The minimum absolute atomic E-state index is 0.0194. The third-order valence-electron chi connectivity index (χ3n) is 3.61. The molecule has 0 bridgehead atoms. The zero-order valence-electron chi connectivity index (χ0n) is 13.2. The van der Waals surface area contributed by atoms with E-state index in [1.54, 1.807) is 7.11 Å². The SMILES string of the molecule is CCCC1NC(CCC)N(CCCOCCOC)C1=O. The first-order valence-corrected chi connectivity index (χ1v) is 7.87. The van der Waals surface area contributed by atoms with Crippen LogP contribution >= 0.6 is 0 Å². The second kappa shape index (κ2) is 10.1. The van der Waals surface area contributed by atoms with Crippen LogP contribution in [0.5, 0.6) is 0 Å². The number of methoxy groups -OCH3 is 1. The van der Waals surface area contributed by atoms with E-state index >= 15 is 0 Å². The van der Waals surface area contributed by atoms with Gasteiger partial charge in [-0.15, -0.1) is 0 Å². The number of hydrogen-bond acceptors (Lipinski definition) is 4. The zero-order chi connectivity index (χ0) is 14.8. The van der Waals surface area contributed by atoms with Gasteiger partial charge in [-0.25, -0.2) is 0 Å². The van der Waals surface area contributed by atoms with Crippen LogP contribution < -0.4 is 5.32 Å². The van der Waals surface area contributed by atoms with E-state index in [1.165, 1.54) is 0 Å². The van der Waals surface area contributed by atoms with Gasteiger partial charge in [-0.1, -0.05) is 26.7 Å². The molecule has 0 aromatic heterocycles. The molecule has 1 fully saturated rings. The molecule has 0 aliphatic carbocycles. The molecule has 2 atom stereocenters. The van der Waals surface area contributed by atoms with Gasteiger partial charge >= 0.3 is 0 Å². The van der Waals surface area contributed by atoms with Crippen molar-refractivity contribution in [2.75, 3.05) is 33.5 Å². The highest BCUT2D eigenvalue weighted by molar-refractivity contribution is 5.84. The summed E-state index contributed by atoms with van der Waals surface area (Å²) in [6.07, 6.45) is 5.18. The lowest BCUT2D eigenvalue weighted by Gasteiger charge is -2.23. The molecule has 0 saturated carbocycles. The van der Waals surface area contributed by atoms with Crippen LogP contribution in [0.4, 0.5) is 0 Å². The summed E-state index contributed by atoms with van der Waals surface area (Å²) < 4.78 is 10.4.